The van der Waals surface area contributed by atoms with Crippen LogP contribution in [0.15, 0.2) is 54.7 Å². The van der Waals surface area contributed by atoms with E-state index in [4.69, 9.17) is 0 Å². The monoisotopic (exact) mass is 570 g/mol. The molecule has 1 saturated carbocycles. The first-order valence-corrected chi connectivity index (χ1v) is 12.9. The van der Waals surface area contributed by atoms with Crippen molar-refractivity contribution in [2.24, 2.45) is 5.41 Å². The predicted molar refractivity (Wildman–Crippen MR) is 137 cm³/mol. The highest BCUT2D eigenvalue weighted by atomic mass is 19.4. The Morgan fingerprint density at radius 2 is 1.71 bits per heavy atom. The van der Waals surface area contributed by atoms with E-state index >= 15 is 0 Å². The van der Waals surface area contributed by atoms with E-state index in [1.165, 1.54) is 0 Å². The number of carbonyl (C=O) groups excluding carboxylic acids is 3. The Morgan fingerprint density at radius 1 is 1.00 bits per heavy atom. The number of nitrogens with one attached hydrogen (secondary N) is 2. The highest BCUT2D eigenvalue weighted by Crippen LogP contribution is 2.58. The fourth-order valence-electron chi connectivity index (χ4n) is 5.89. The topological polar surface area (TPSA) is 91.4 Å². The number of amides is 3. The van der Waals surface area contributed by atoms with Crippen LogP contribution in [0.1, 0.15) is 35.1 Å². The Morgan fingerprint density at radius 3 is 2.39 bits per heavy atom. The van der Waals surface area contributed by atoms with Gasteiger partial charge in [-0.25, -0.2) is 13.8 Å². The van der Waals surface area contributed by atoms with Gasteiger partial charge in [0.1, 0.15) is 29.4 Å². The lowest BCUT2D eigenvalue weighted by molar-refractivity contribution is -0.199. The first-order chi connectivity index (χ1) is 19.4. The van der Waals surface area contributed by atoms with Crippen molar-refractivity contribution in [1.82, 2.24) is 9.88 Å². The predicted octanol–water partition coefficient (Wildman–Crippen LogP) is 4.66. The summed E-state index contributed by atoms with van der Waals surface area (Å²) in [6.07, 6.45) is -3.30. The minimum Gasteiger partial charge on any atom is -0.328 e. The van der Waals surface area contributed by atoms with Crippen molar-refractivity contribution >= 4 is 29.2 Å². The molecular formula is C29H23F5N4O3. The summed E-state index contributed by atoms with van der Waals surface area (Å²) < 4.78 is 68.7. The molecule has 1 aliphatic heterocycles. The summed E-state index contributed by atoms with van der Waals surface area (Å²) in [6.45, 7) is -1.36. The third-order valence-electron chi connectivity index (χ3n) is 8.08. The normalized spacial score (nSPS) is 19.9. The fraction of sp³-hybridized carbons (Fsp3) is 0.310. The van der Waals surface area contributed by atoms with Crippen LogP contribution in [0, 0.1) is 17.0 Å². The molecule has 0 saturated heterocycles. The minimum absolute atomic E-state index is 0.0888. The number of nitrogens with zero attached hydrogens (tertiary/aromatic N) is 2. The molecule has 6 rings (SSSR count). The lowest BCUT2D eigenvalue weighted by Crippen LogP contribution is -2.46. The molecule has 1 unspecified atom stereocenters. The van der Waals surface area contributed by atoms with E-state index in [9.17, 15) is 36.3 Å². The molecule has 2 aliphatic carbocycles. The highest BCUT2D eigenvalue weighted by molar-refractivity contribution is 6.06. The SMILES string of the molecule is O=C(CN(Cc1cc(F)cc(F)c1)C(=O)C1(C(F)(F)F)CC1)Nc1ccc2c(c1)CC1(C2)C(=O)Nc2ncccc21. The van der Waals surface area contributed by atoms with Crippen LogP contribution in [-0.4, -0.2) is 40.3 Å². The van der Waals surface area contributed by atoms with E-state index in [1.807, 2.05) is 6.07 Å². The second kappa shape index (κ2) is 9.35. The van der Waals surface area contributed by atoms with Crippen molar-refractivity contribution in [2.75, 3.05) is 17.2 Å². The maximum atomic E-state index is 13.8. The molecule has 3 aliphatic rings. The smallest absolute Gasteiger partial charge is 0.328 e. The first kappa shape index (κ1) is 26.9. The van der Waals surface area contributed by atoms with Gasteiger partial charge in [0.15, 0.2) is 0 Å². The Balaban J connectivity index is 1.21. The molecule has 212 valence electrons. The van der Waals surface area contributed by atoms with E-state index < -0.39 is 66.4 Å². The molecule has 2 N–H and O–H groups in total. The molecule has 1 atom stereocenters. The minimum atomic E-state index is -4.83. The molecule has 0 bridgehead atoms. The lowest BCUT2D eigenvalue weighted by Gasteiger charge is -2.28. The molecule has 7 nitrogen and oxygen atoms in total. The largest absolute Gasteiger partial charge is 0.403 e. The molecule has 12 heteroatoms. The highest BCUT2D eigenvalue weighted by Gasteiger charge is 2.69. The number of pyridine rings is 1. The molecule has 1 spiro atoms. The van der Waals surface area contributed by atoms with E-state index in [1.54, 1.807) is 30.5 Å². The number of hydrogen-bond acceptors (Lipinski definition) is 4. The summed E-state index contributed by atoms with van der Waals surface area (Å²) in [5, 5.41) is 5.42. The van der Waals surface area contributed by atoms with Gasteiger partial charge >= 0.3 is 6.18 Å². The second-order valence-corrected chi connectivity index (χ2v) is 10.8. The van der Waals surface area contributed by atoms with Gasteiger partial charge in [0.2, 0.25) is 17.7 Å². The average molecular weight is 571 g/mol. The van der Waals surface area contributed by atoms with Crippen LogP contribution in [0.2, 0.25) is 0 Å². The van der Waals surface area contributed by atoms with E-state index in [0.717, 1.165) is 28.8 Å². The summed E-state index contributed by atoms with van der Waals surface area (Å²) in [5.74, 6) is -3.68. The Labute approximate surface area is 230 Å². The van der Waals surface area contributed by atoms with Crippen molar-refractivity contribution in [3.8, 4) is 0 Å². The number of benzene rings is 2. The van der Waals surface area contributed by atoms with Crippen molar-refractivity contribution < 1.29 is 36.3 Å². The number of carbonyl (C=O) groups is 3. The van der Waals surface area contributed by atoms with Crippen LogP contribution in [0.5, 0.6) is 0 Å². The summed E-state index contributed by atoms with van der Waals surface area (Å²) in [6, 6.07) is 11.1. The Kier molecular flexibility index (Phi) is 6.13. The zero-order valence-corrected chi connectivity index (χ0v) is 21.4. The fourth-order valence-corrected chi connectivity index (χ4v) is 5.89. The summed E-state index contributed by atoms with van der Waals surface area (Å²) in [7, 11) is 0. The quantitative estimate of drug-likeness (QED) is 0.422. The molecule has 1 fully saturated rings. The van der Waals surface area contributed by atoms with Gasteiger partial charge in [-0.05, 0) is 72.7 Å². The molecular weight excluding hydrogens is 547 g/mol. The van der Waals surface area contributed by atoms with Crippen molar-refractivity contribution in [3.05, 3.63) is 88.6 Å². The molecule has 0 radical (unpaired) electrons. The van der Waals surface area contributed by atoms with Gasteiger partial charge < -0.3 is 15.5 Å². The van der Waals surface area contributed by atoms with E-state index in [-0.39, 0.29) is 11.5 Å². The van der Waals surface area contributed by atoms with Crippen LogP contribution in [0.3, 0.4) is 0 Å². The van der Waals surface area contributed by atoms with Crippen molar-refractivity contribution in [2.45, 2.75) is 43.8 Å². The van der Waals surface area contributed by atoms with Gasteiger partial charge in [-0.15, -0.1) is 0 Å². The molecule has 41 heavy (non-hydrogen) atoms. The Hall–Kier alpha value is -4.35. The van der Waals surface area contributed by atoms with Crippen molar-refractivity contribution in [1.29, 1.82) is 0 Å². The van der Waals surface area contributed by atoms with Crippen LogP contribution in [-0.2, 0) is 39.2 Å². The molecule has 2 aromatic carbocycles. The van der Waals surface area contributed by atoms with E-state index in [0.29, 0.717) is 35.3 Å². The van der Waals surface area contributed by atoms with Gasteiger partial charge in [0.25, 0.3) is 0 Å². The van der Waals surface area contributed by atoms with Gasteiger partial charge in [0, 0.05) is 30.1 Å². The number of alkyl halides is 3. The van der Waals surface area contributed by atoms with E-state index in [2.05, 4.69) is 15.6 Å². The number of fused-ring (bicyclic) bond motifs is 3. The van der Waals surface area contributed by atoms with Crippen LogP contribution in [0.25, 0.3) is 0 Å². The summed E-state index contributed by atoms with van der Waals surface area (Å²) in [4.78, 5) is 43.9. The maximum Gasteiger partial charge on any atom is 0.403 e. The van der Waals surface area contributed by atoms with Gasteiger partial charge in [-0.3, -0.25) is 14.4 Å². The van der Waals surface area contributed by atoms with Crippen LogP contribution >= 0.6 is 0 Å². The number of rotatable bonds is 6. The number of aromatic nitrogens is 1. The van der Waals surface area contributed by atoms with Crippen molar-refractivity contribution in [3.63, 3.8) is 0 Å². The molecule has 3 aromatic rings. The number of halogens is 5. The standard InChI is InChI=1S/C29H23F5N4O3/c30-19-8-16(9-20(31)11-19)14-38(26(41)28(5-6-28)29(32,33)34)15-23(39)36-21-4-3-17-12-27(13-18(17)10-21)22-2-1-7-35-24(22)37-25(27)40/h1-4,7-11H,5-6,12-15H2,(H,36,39)(H,35,37,40). The lowest BCUT2D eigenvalue weighted by atomic mass is 9.79. The number of anilines is 2. The van der Waals surface area contributed by atoms with Gasteiger partial charge in [-0.2, -0.15) is 13.2 Å². The van der Waals surface area contributed by atoms with Gasteiger partial charge in [-0.1, -0.05) is 12.1 Å². The third-order valence-corrected chi connectivity index (χ3v) is 8.08. The van der Waals surface area contributed by atoms with Crippen LogP contribution < -0.4 is 10.6 Å². The zero-order chi connectivity index (χ0) is 29.2. The molecule has 1 aromatic heterocycles. The molecule has 2 heterocycles. The molecule has 3 amide bonds. The third kappa shape index (κ3) is 4.60. The average Bonchev–Trinajstić information content (AvgIpc) is 3.57. The number of hydrogen-bond donors (Lipinski definition) is 2. The van der Waals surface area contributed by atoms with Gasteiger partial charge in [0.05, 0.1) is 5.41 Å². The van der Waals surface area contributed by atoms with Crippen LogP contribution in [0.4, 0.5) is 33.5 Å². The summed E-state index contributed by atoms with van der Waals surface area (Å²) in [5.41, 5.74) is -0.700. The summed E-state index contributed by atoms with van der Waals surface area (Å²) >= 11 is 0. The maximum absolute atomic E-state index is 13.8. The second-order valence-electron chi connectivity index (χ2n) is 10.8. The zero-order valence-electron chi connectivity index (χ0n) is 21.4. The first-order valence-electron chi connectivity index (χ1n) is 12.9. The Bertz CT molecular complexity index is 1580.